The van der Waals surface area contributed by atoms with Gasteiger partial charge in [0.15, 0.2) is 10.8 Å². The summed E-state index contributed by atoms with van der Waals surface area (Å²) in [6, 6.07) is 11.4. The van der Waals surface area contributed by atoms with Gasteiger partial charge in [-0.3, -0.25) is 4.90 Å². The molecule has 0 saturated carbocycles. The third-order valence-electron chi connectivity index (χ3n) is 3.52. The number of aromatic nitrogens is 1. The summed E-state index contributed by atoms with van der Waals surface area (Å²) in [6.07, 6.45) is 1.67. The van der Waals surface area contributed by atoms with E-state index in [9.17, 15) is 0 Å². The van der Waals surface area contributed by atoms with Crippen LogP contribution >= 0.6 is 11.3 Å². The van der Waals surface area contributed by atoms with Crippen molar-refractivity contribution >= 4 is 11.3 Å². The Morgan fingerprint density at radius 3 is 2.67 bits per heavy atom. The summed E-state index contributed by atoms with van der Waals surface area (Å²) in [4.78, 5) is 6.79. The first-order chi connectivity index (χ1) is 11.7. The van der Waals surface area contributed by atoms with Crippen LogP contribution in [0.5, 0.6) is 11.5 Å². The van der Waals surface area contributed by atoms with Crippen LogP contribution in [0.15, 0.2) is 52.5 Å². The maximum Gasteiger partial charge on any atom is 0.162 e. The molecule has 2 heterocycles. The summed E-state index contributed by atoms with van der Waals surface area (Å²) in [5.74, 6) is 2.49. The van der Waals surface area contributed by atoms with E-state index in [1.807, 2.05) is 36.4 Å². The smallest absolute Gasteiger partial charge is 0.162 e. The molecule has 0 aliphatic rings. The molecule has 2 aromatic heterocycles. The van der Waals surface area contributed by atoms with Crippen molar-refractivity contribution in [1.29, 1.82) is 0 Å². The lowest BCUT2D eigenvalue weighted by atomic mass is 10.3. The van der Waals surface area contributed by atoms with Gasteiger partial charge in [-0.15, -0.1) is 11.3 Å². The van der Waals surface area contributed by atoms with Crippen LogP contribution in [0.4, 0.5) is 0 Å². The fourth-order valence-electron chi connectivity index (χ4n) is 2.24. The Morgan fingerprint density at radius 2 is 1.96 bits per heavy atom. The number of hydrogen-bond donors (Lipinski definition) is 0. The molecule has 0 amide bonds. The zero-order valence-corrected chi connectivity index (χ0v) is 14.6. The second kappa shape index (κ2) is 7.99. The van der Waals surface area contributed by atoms with Gasteiger partial charge in [0.25, 0.3) is 0 Å². The summed E-state index contributed by atoms with van der Waals surface area (Å²) in [7, 11) is 3.71. The molecule has 0 atom stereocenters. The van der Waals surface area contributed by atoms with Gasteiger partial charge in [0.2, 0.25) is 0 Å². The highest BCUT2D eigenvalue weighted by Crippen LogP contribution is 2.24. The average Bonchev–Trinajstić information content (AvgIpc) is 3.27. The molecule has 0 spiro atoms. The maximum atomic E-state index is 5.75. The van der Waals surface area contributed by atoms with Crippen LogP contribution in [0.2, 0.25) is 0 Å². The summed E-state index contributed by atoms with van der Waals surface area (Å²) in [6.45, 7) is 2.22. The molecule has 3 rings (SSSR count). The zero-order valence-electron chi connectivity index (χ0n) is 13.8. The van der Waals surface area contributed by atoms with E-state index in [0.717, 1.165) is 41.1 Å². The number of ether oxygens (including phenoxy) is 2. The molecule has 0 unspecified atom stereocenters. The number of hydrogen-bond acceptors (Lipinski definition) is 6. The van der Waals surface area contributed by atoms with Crippen LogP contribution in [0.25, 0.3) is 10.8 Å². The van der Waals surface area contributed by atoms with Crippen molar-refractivity contribution in [2.24, 2.45) is 0 Å². The Hall–Kier alpha value is -2.31. The number of furan rings is 1. The number of methoxy groups -OCH3 is 1. The van der Waals surface area contributed by atoms with E-state index in [1.165, 1.54) is 0 Å². The summed E-state index contributed by atoms with van der Waals surface area (Å²) in [5, 5.41) is 2.98. The second-order valence-corrected chi connectivity index (χ2v) is 6.24. The monoisotopic (exact) mass is 344 g/mol. The lowest BCUT2D eigenvalue weighted by Crippen LogP contribution is -2.24. The van der Waals surface area contributed by atoms with E-state index < -0.39 is 0 Å². The SMILES string of the molecule is COc1ccc(OCCN(C)Cc2csc(-c3ccco3)n2)cc1. The van der Waals surface area contributed by atoms with Crippen molar-refractivity contribution in [3.05, 3.63) is 53.7 Å². The molecule has 0 N–H and O–H groups in total. The first-order valence-electron chi connectivity index (χ1n) is 7.68. The van der Waals surface area contributed by atoms with Crippen LogP contribution in [0, 0.1) is 0 Å². The molecular formula is C18H20N2O3S. The third-order valence-corrected chi connectivity index (χ3v) is 4.42. The van der Waals surface area contributed by atoms with E-state index in [1.54, 1.807) is 24.7 Å². The molecular weight excluding hydrogens is 324 g/mol. The molecule has 0 saturated heterocycles. The van der Waals surface area contributed by atoms with Crippen molar-refractivity contribution < 1.29 is 13.9 Å². The van der Waals surface area contributed by atoms with Gasteiger partial charge in [-0.2, -0.15) is 0 Å². The fraction of sp³-hybridized carbons (Fsp3) is 0.278. The molecule has 0 aliphatic heterocycles. The van der Waals surface area contributed by atoms with Gasteiger partial charge < -0.3 is 13.9 Å². The van der Waals surface area contributed by atoms with E-state index >= 15 is 0 Å². The van der Waals surface area contributed by atoms with Gasteiger partial charge in [0.05, 0.1) is 19.1 Å². The highest BCUT2D eigenvalue weighted by Gasteiger charge is 2.09. The molecule has 6 heteroatoms. The lowest BCUT2D eigenvalue weighted by molar-refractivity contribution is 0.231. The summed E-state index contributed by atoms with van der Waals surface area (Å²) < 4.78 is 16.3. The summed E-state index contributed by atoms with van der Waals surface area (Å²) in [5.41, 5.74) is 1.04. The minimum absolute atomic E-state index is 0.623. The van der Waals surface area contributed by atoms with Crippen LogP contribution < -0.4 is 9.47 Å². The zero-order chi connectivity index (χ0) is 16.8. The van der Waals surface area contributed by atoms with Crippen molar-refractivity contribution in [1.82, 2.24) is 9.88 Å². The Balaban J connectivity index is 1.44. The van der Waals surface area contributed by atoms with Gasteiger partial charge >= 0.3 is 0 Å². The van der Waals surface area contributed by atoms with Gasteiger partial charge in [0, 0.05) is 18.5 Å². The predicted molar refractivity (Wildman–Crippen MR) is 94.6 cm³/mol. The maximum absolute atomic E-state index is 5.75. The molecule has 0 aliphatic carbocycles. The quantitative estimate of drug-likeness (QED) is 0.620. The number of thiazole rings is 1. The molecule has 0 fully saturated rings. The lowest BCUT2D eigenvalue weighted by Gasteiger charge is -2.15. The first-order valence-corrected chi connectivity index (χ1v) is 8.56. The van der Waals surface area contributed by atoms with Crippen molar-refractivity contribution in [2.75, 3.05) is 27.3 Å². The third kappa shape index (κ3) is 4.37. The predicted octanol–water partition coefficient (Wildman–Crippen LogP) is 3.92. The molecule has 5 nitrogen and oxygen atoms in total. The van der Waals surface area contributed by atoms with Gasteiger partial charge in [-0.05, 0) is 43.4 Å². The largest absolute Gasteiger partial charge is 0.497 e. The van der Waals surface area contributed by atoms with Crippen molar-refractivity contribution in [3.8, 4) is 22.3 Å². The van der Waals surface area contributed by atoms with Crippen molar-refractivity contribution in [2.45, 2.75) is 6.54 Å². The second-order valence-electron chi connectivity index (χ2n) is 5.38. The van der Waals surface area contributed by atoms with Crippen LogP contribution in [0.1, 0.15) is 5.69 Å². The van der Waals surface area contributed by atoms with Gasteiger partial charge in [-0.1, -0.05) is 0 Å². The molecule has 126 valence electrons. The van der Waals surface area contributed by atoms with E-state index in [0.29, 0.717) is 6.61 Å². The van der Waals surface area contributed by atoms with Gasteiger partial charge in [-0.25, -0.2) is 4.98 Å². The molecule has 0 bridgehead atoms. The van der Waals surface area contributed by atoms with Gasteiger partial charge in [0.1, 0.15) is 18.1 Å². The Kier molecular flexibility index (Phi) is 5.51. The highest BCUT2D eigenvalue weighted by atomic mass is 32.1. The fourth-order valence-corrected chi connectivity index (χ4v) is 3.02. The normalized spacial score (nSPS) is 11.0. The number of benzene rings is 1. The summed E-state index contributed by atoms with van der Waals surface area (Å²) >= 11 is 1.60. The highest BCUT2D eigenvalue weighted by molar-refractivity contribution is 7.13. The molecule has 24 heavy (non-hydrogen) atoms. The molecule has 3 aromatic rings. The van der Waals surface area contributed by atoms with Crippen molar-refractivity contribution in [3.63, 3.8) is 0 Å². The first kappa shape index (κ1) is 16.5. The average molecular weight is 344 g/mol. The van der Waals surface area contributed by atoms with Crippen LogP contribution in [-0.4, -0.2) is 37.2 Å². The number of rotatable bonds is 8. The standard InChI is InChI=1S/C18H20N2O3S/c1-20(9-11-22-16-7-5-15(21-2)6-8-16)12-14-13-24-18(19-14)17-4-3-10-23-17/h3-8,10,13H,9,11-12H2,1-2H3. The Bertz CT molecular complexity index is 738. The van der Waals surface area contributed by atoms with E-state index in [-0.39, 0.29) is 0 Å². The molecule has 0 radical (unpaired) electrons. The topological polar surface area (TPSA) is 47.7 Å². The number of likely N-dealkylation sites (N-methyl/N-ethyl adjacent to an activating group) is 1. The van der Waals surface area contributed by atoms with E-state index in [2.05, 4.69) is 22.3 Å². The Morgan fingerprint density at radius 1 is 1.17 bits per heavy atom. The Labute approximate surface area is 145 Å². The van der Waals surface area contributed by atoms with E-state index in [4.69, 9.17) is 13.9 Å². The van der Waals surface area contributed by atoms with Crippen LogP contribution in [-0.2, 0) is 6.54 Å². The minimum atomic E-state index is 0.623. The number of nitrogens with zero attached hydrogens (tertiary/aromatic N) is 2. The van der Waals surface area contributed by atoms with Crippen LogP contribution in [0.3, 0.4) is 0 Å². The minimum Gasteiger partial charge on any atom is -0.497 e. The molecule has 1 aromatic carbocycles.